The standard InChI is InChI=1S/C29H39F3N4O4S/c30-29(31,32)14-6-4-2-1-3-5-11-26-33-27(38)28(34-26)15-19-36(20-16-28)41(39,40)22-13-23-9-7-10-25-24(23)12-18-35(25)17-8-21-37/h7,9-10,12-13,18,22,37H,1-6,8,11,14-17,19-21H2,(H,33,34,38)/b22-13+. The average molecular weight is 597 g/mol. The number of unbranched alkanes of at least 4 members (excludes halogenated alkanes) is 5. The molecule has 2 aliphatic rings. The number of nitrogens with zero attached hydrogens (tertiary/aromatic N) is 3. The molecule has 1 saturated heterocycles. The van der Waals surface area contributed by atoms with Crippen LogP contribution < -0.4 is 5.32 Å². The summed E-state index contributed by atoms with van der Waals surface area (Å²) in [5.41, 5.74) is 0.818. The second-order valence-electron chi connectivity index (χ2n) is 10.9. The van der Waals surface area contributed by atoms with Crippen molar-refractivity contribution >= 4 is 38.7 Å². The van der Waals surface area contributed by atoms with E-state index < -0.39 is 28.2 Å². The Kier molecular flexibility index (Phi) is 10.3. The van der Waals surface area contributed by atoms with Crippen LogP contribution in [0.3, 0.4) is 0 Å². The number of amidine groups is 1. The zero-order valence-electron chi connectivity index (χ0n) is 23.2. The molecule has 2 aliphatic heterocycles. The highest BCUT2D eigenvalue weighted by atomic mass is 32.2. The van der Waals surface area contributed by atoms with E-state index in [1.165, 1.54) is 9.71 Å². The molecular weight excluding hydrogens is 557 g/mol. The molecule has 1 aromatic heterocycles. The van der Waals surface area contributed by atoms with Crippen molar-refractivity contribution in [2.45, 2.75) is 88.9 Å². The van der Waals surface area contributed by atoms with Gasteiger partial charge < -0.3 is 15.0 Å². The summed E-state index contributed by atoms with van der Waals surface area (Å²) in [5.74, 6) is 0.423. The van der Waals surface area contributed by atoms with Gasteiger partial charge in [-0.1, -0.05) is 37.8 Å². The summed E-state index contributed by atoms with van der Waals surface area (Å²) < 4.78 is 66.3. The van der Waals surface area contributed by atoms with E-state index in [1.807, 2.05) is 35.0 Å². The normalized spacial score (nSPS) is 18.0. The number of rotatable bonds is 14. The van der Waals surface area contributed by atoms with Crippen molar-refractivity contribution in [1.82, 2.24) is 14.2 Å². The maximum absolute atomic E-state index is 13.1. The lowest BCUT2D eigenvalue weighted by atomic mass is 9.89. The highest BCUT2D eigenvalue weighted by Crippen LogP contribution is 2.32. The van der Waals surface area contributed by atoms with E-state index in [9.17, 15) is 26.4 Å². The predicted molar refractivity (Wildman–Crippen MR) is 154 cm³/mol. The first-order valence-electron chi connectivity index (χ1n) is 14.4. The molecule has 1 amide bonds. The molecule has 1 aromatic carbocycles. The van der Waals surface area contributed by atoms with Crippen LogP contribution in [0.2, 0.25) is 0 Å². The smallest absolute Gasteiger partial charge is 0.389 e. The number of piperidine rings is 1. The van der Waals surface area contributed by atoms with Crippen LogP contribution in [0.4, 0.5) is 13.2 Å². The van der Waals surface area contributed by atoms with E-state index in [2.05, 4.69) is 10.3 Å². The molecule has 0 saturated carbocycles. The molecule has 0 unspecified atom stereocenters. The number of fused-ring (bicyclic) bond motifs is 1. The maximum atomic E-state index is 13.1. The number of aliphatic hydroxyl groups excluding tert-OH is 1. The van der Waals surface area contributed by atoms with Gasteiger partial charge in [0.25, 0.3) is 5.91 Å². The number of hydrogen-bond acceptors (Lipinski definition) is 5. The van der Waals surface area contributed by atoms with Crippen molar-refractivity contribution in [3.8, 4) is 0 Å². The van der Waals surface area contributed by atoms with Crippen LogP contribution in [0.1, 0.15) is 76.2 Å². The largest absolute Gasteiger partial charge is 0.396 e. The Labute approximate surface area is 239 Å². The van der Waals surface area contributed by atoms with Gasteiger partial charge in [0.05, 0.1) is 0 Å². The van der Waals surface area contributed by atoms with E-state index in [-0.39, 0.29) is 32.0 Å². The van der Waals surface area contributed by atoms with Crippen molar-refractivity contribution in [1.29, 1.82) is 0 Å². The summed E-state index contributed by atoms with van der Waals surface area (Å²) in [7, 11) is -3.70. The van der Waals surface area contributed by atoms with Crippen molar-refractivity contribution in [3.63, 3.8) is 0 Å². The Morgan fingerprint density at radius 1 is 1.02 bits per heavy atom. The molecule has 0 aliphatic carbocycles. The number of benzene rings is 1. The van der Waals surface area contributed by atoms with Crippen LogP contribution in [0.15, 0.2) is 40.9 Å². The van der Waals surface area contributed by atoms with Crippen LogP contribution in [-0.4, -0.2) is 65.6 Å². The summed E-state index contributed by atoms with van der Waals surface area (Å²) in [5, 5.41) is 14.1. The molecule has 0 radical (unpaired) electrons. The number of nitrogens with one attached hydrogen (secondary N) is 1. The van der Waals surface area contributed by atoms with E-state index in [4.69, 9.17) is 5.11 Å². The first-order valence-corrected chi connectivity index (χ1v) is 15.9. The number of aromatic nitrogens is 1. The second kappa shape index (κ2) is 13.5. The quantitative estimate of drug-likeness (QED) is 0.286. The topological polar surface area (TPSA) is 104 Å². The minimum Gasteiger partial charge on any atom is -0.396 e. The van der Waals surface area contributed by atoms with Gasteiger partial charge in [-0.05, 0) is 55.9 Å². The maximum Gasteiger partial charge on any atom is 0.389 e. The number of halogens is 3. The monoisotopic (exact) mass is 596 g/mol. The van der Waals surface area contributed by atoms with Gasteiger partial charge in [0.1, 0.15) is 11.4 Å². The average Bonchev–Trinajstić information content (AvgIpc) is 3.48. The predicted octanol–water partition coefficient (Wildman–Crippen LogP) is 5.37. The Hall–Kier alpha value is -2.70. The Bertz CT molecular complexity index is 1360. The van der Waals surface area contributed by atoms with Crippen molar-refractivity contribution in [2.24, 2.45) is 4.99 Å². The number of amides is 1. The number of aliphatic hydroxyl groups is 1. The molecule has 226 valence electrons. The van der Waals surface area contributed by atoms with Crippen molar-refractivity contribution in [2.75, 3.05) is 19.7 Å². The molecule has 0 atom stereocenters. The minimum atomic E-state index is -4.09. The number of carbonyl (C=O) groups is 1. The highest BCUT2D eigenvalue weighted by Gasteiger charge is 2.46. The molecule has 41 heavy (non-hydrogen) atoms. The summed E-state index contributed by atoms with van der Waals surface area (Å²) >= 11 is 0. The lowest BCUT2D eigenvalue weighted by molar-refractivity contribution is -0.135. The molecule has 1 fully saturated rings. The molecule has 8 nitrogen and oxygen atoms in total. The van der Waals surface area contributed by atoms with Crippen molar-refractivity contribution < 1.29 is 31.5 Å². The van der Waals surface area contributed by atoms with Gasteiger partial charge in [-0.2, -0.15) is 17.5 Å². The van der Waals surface area contributed by atoms with Gasteiger partial charge in [0.2, 0.25) is 10.0 Å². The zero-order valence-corrected chi connectivity index (χ0v) is 24.0. The van der Waals surface area contributed by atoms with Gasteiger partial charge in [0.15, 0.2) is 0 Å². The van der Waals surface area contributed by atoms with Crippen LogP contribution in [-0.2, 0) is 21.4 Å². The molecule has 0 bridgehead atoms. The van der Waals surface area contributed by atoms with E-state index in [0.717, 1.165) is 42.1 Å². The van der Waals surface area contributed by atoms with Crippen molar-refractivity contribution in [3.05, 3.63) is 41.4 Å². The third-order valence-electron chi connectivity index (χ3n) is 7.89. The summed E-state index contributed by atoms with van der Waals surface area (Å²) in [6.07, 6.45) is 4.51. The van der Waals surface area contributed by atoms with Crippen LogP contribution in [0.25, 0.3) is 17.0 Å². The second-order valence-corrected chi connectivity index (χ2v) is 12.7. The van der Waals surface area contributed by atoms with Crippen LogP contribution in [0.5, 0.6) is 0 Å². The molecule has 3 heterocycles. The van der Waals surface area contributed by atoms with Gasteiger partial charge in [-0.3, -0.25) is 9.79 Å². The van der Waals surface area contributed by atoms with E-state index >= 15 is 0 Å². The molecular formula is C29H39F3N4O4S. The molecule has 12 heteroatoms. The fourth-order valence-electron chi connectivity index (χ4n) is 5.55. The highest BCUT2D eigenvalue weighted by molar-refractivity contribution is 7.92. The fourth-order valence-corrected chi connectivity index (χ4v) is 6.73. The first kappa shape index (κ1) is 31.2. The van der Waals surface area contributed by atoms with Crippen LogP contribution >= 0.6 is 0 Å². The number of alkyl halides is 3. The summed E-state index contributed by atoms with van der Waals surface area (Å²) in [6.45, 7) is 1.16. The molecule has 2 N–H and O–H groups in total. The van der Waals surface area contributed by atoms with E-state index in [1.54, 1.807) is 6.08 Å². The Morgan fingerprint density at radius 3 is 2.44 bits per heavy atom. The lowest BCUT2D eigenvalue weighted by Crippen LogP contribution is -2.50. The third kappa shape index (κ3) is 8.20. The number of sulfonamides is 1. The first-order chi connectivity index (χ1) is 19.5. The van der Waals surface area contributed by atoms with Gasteiger partial charge in [-0.15, -0.1) is 0 Å². The van der Waals surface area contributed by atoms with Gasteiger partial charge >= 0.3 is 6.18 Å². The Balaban J connectivity index is 1.27. The number of hydrogen-bond donors (Lipinski definition) is 2. The zero-order chi connectivity index (χ0) is 29.5. The minimum absolute atomic E-state index is 0.0994. The molecule has 1 spiro atoms. The number of carbonyl (C=O) groups excluding carboxylic acids is 1. The Morgan fingerprint density at radius 2 is 1.73 bits per heavy atom. The third-order valence-corrected chi connectivity index (χ3v) is 9.45. The summed E-state index contributed by atoms with van der Waals surface area (Å²) in [6, 6.07) is 7.65. The SMILES string of the molecule is O=C1NC(CCCCCCCCC(F)(F)F)=NC12CCN(S(=O)(=O)/C=C/c1cccc3c1ccn3CCCO)CC2. The molecule has 4 rings (SSSR count). The van der Waals surface area contributed by atoms with Gasteiger partial charge in [0, 0.05) is 61.6 Å². The number of aryl methyl sites for hydroxylation is 1. The van der Waals surface area contributed by atoms with Gasteiger partial charge in [-0.25, -0.2) is 8.42 Å². The summed E-state index contributed by atoms with van der Waals surface area (Å²) in [4.78, 5) is 17.5. The van der Waals surface area contributed by atoms with E-state index in [0.29, 0.717) is 44.5 Å². The number of aliphatic imine (C=N–C) groups is 1. The lowest BCUT2D eigenvalue weighted by Gasteiger charge is -2.34. The fraction of sp³-hybridized carbons (Fsp3) is 0.586. The molecule has 2 aromatic rings. The van der Waals surface area contributed by atoms with Crippen LogP contribution in [0, 0.1) is 0 Å².